The van der Waals surface area contributed by atoms with Gasteiger partial charge in [0.2, 0.25) is 0 Å². The molecule has 1 N–H and O–H groups in total. The largest absolute Gasteiger partial charge is 0.411 e. The SMILES string of the molecule is CC[C@]12CCC3C(CCC4=C/C(=N/O)CC[C@@H]43)C1[C@H]1C[C@H]1[C@@]21C=CC(OC)O1. The lowest BCUT2D eigenvalue weighted by atomic mass is 9.48. The molecule has 4 fully saturated rings. The Morgan fingerprint density at radius 1 is 1.21 bits per heavy atom. The molecular weight excluding hydrogens is 350 g/mol. The minimum atomic E-state index is -0.156. The van der Waals surface area contributed by atoms with Gasteiger partial charge in [0.15, 0.2) is 6.29 Å². The Kier molecular flexibility index (Phi) is 3.76. The van der Waals surface area contributed by atoms with E-state index < -0.39 is 0 Å². The van der Waals surface area contributed by atoms with Crippen molar-refractivity contribution in [1.82, 2.24) is 0 Å². The highest BCUT2D eigenvalue weighted by molar-refractivity contribution is 5.96. The summed E-state index contributed by atoms with van der Waals surface area (Å²) in [5.74, 6) is 4.78. The lowest BCUT2D eigenvalue weighted by molar-refractivity contribution is -0.210. The second-order valence-corrected chi connectivity index (χ2v) is 10.3. The van der Waals surface area contributed by atoms with Crippen LogP contribution in [0.15, 0.2) is 29.0 Å². The van der Waals surface area contributed by atoms with E-state index in [1.807, 2.05) is 0 Å². The fourth-order valence-corrected chi connectivity index (χ4v) is 8.87. The average Bonchev–Trinajstić information content (AvgIpc) is 3.36. The predicted molar refractivity (Wildman–Crippen MR) is 107 cm³/mol. The highest BCUT2D eigenvalue weighted by Crippen LogP contribution is 2.78. The van der Waals surface area contributed by atoms with Crippen LogP contribution in [-0.2, 0) is 9.47 Å². The molecule has 9 atom stereocenters. The van der Waals surface area contributed by atoms with Gasteiger partial charge in [0.25, 0.3) is 0 Å². The van der Waals surface area contributed by atoms with Gasteiger partial charge in [-0.1, -0.05) is 23.7 Å². The van der Waals surface area contributed by atoms with Crippen molar-refractivity contribution >= 4 is 5.71 Å². The lowest BCUT2D eigenvalue weighted by Gasteiger charge is -2.58. The zero-order valence-electron chi connectivity index (χ0n) is 17.1. The second-order valence-electron chi connectivity index (χ2n) is 10.3. The molecule has 1 heterocycles. The summed E-state index contributed by atoms with van der Waals surface area (Å²) in [6.07, 6.45) is 16.5. The van der Waals surface area contributed by atoms with Crippen molar-refractivity contribution in [3.05, 3.63) is 23.8 Å². The molecule has 0 aromatic rings. The van der Waals surface area contributed by atoms with Crippen LogP contribution < -0.4 is 0 Å². The van der Waals surface area contributed by atoms with E-state index in [1.165, 1.54) is 44.9 Å². The Hall–Kier alpha value is -1.13. The summed E-state index contributed by atoms with van der Waals surface area (Å²) in [7, 11) is 1.77. The molecule has 0 bridgehead atoms. The molecule has 0 amide bonds. The molecule has 1 aliphatic heterocycles. The number of nitrogens with zero attached hydrogens (tertiary/aromatic N) is 1. The van der Waals surface area contributed by atoms with E-state index in [0.717, 1.165) is 41.7 Å². The highest BCUT2D eigenvalue weighted by Gasteiger charge is 2.77. The first-order valence-corrected chi connectivity index (χ1v) is 11.5. The van der Waals surface area contributed by atoms with Crippen molar-refractivity contribution in [3.8, 4) is 0 Å². The van der Waals surface area contributed by atoms with Gasteiger partial charge in [0.1, 0.15) is 0 Å². The van der Waals surface area contributed by atoms with Crippen LogP contribution in [0.2, 0.25) is 0 Å². The third kappa shape index (κ3) is 2.01. The number of hydrogen-bond acceptors (Lipinski definition) is 4. The highest BCUT2D eigenvalue weighted by atomic mass is 16.7. The van der Waals surface area contributed by atoms with Crippen LogP contribution in [0.3, 0.4) is 0 Å². The minimum absolute atomic E-state index is 0.0673. The van der Waals surface area contributed by atoms with E-state index in [1.54, 1.807) is 12.7 Å². The Labute approximate surface area is 168 Å². The van der Waals surface area contributed by atoms with Crippen LogP contribution in [-0.4, -0.2) is 29.9 Å². The van der Waals surface area contributed by atoms with E-state index in [9.17, 15) is 5.21 Å². The van der Waals surface area contributed by atoms with Gasteiger partial charge in [-0.05, 0) is 99.0 Å². The first-order valence-electron chi connectivity index (χ1n) is 11.5. The second kappa shape index (κ2) is 5.95. The van der Waals surface area contributed by atoms with Crippen LogP contribution in [0.5, 0.6) is 0 Å². The monoisotopic (exact) mass is 383 g/mol. The number of hydrogen-bond donors (Lipinski definition) is 1. The maximum Gasteiger partial charge on any atom is 0.177 e. The maximum atomic E-state index is 9.22. The average molecular weight is 384 g/mol. The molecule has 4 saturated carbocycles. The van der Waals surface area contributed by atoms with Crippen molar-refractivity contribution in [3.63, 3.8) is 0 Å². The van der Waals surface area contributed by atoms with Crippen molar-refractivity contribution < 1.29 is 14.7 Å². The standard InChI is InChI=1S/C24H33NO3/c1-3-23-10-8-17-16-7-5-15(25-26)12-14(16)4-6-18(17)22(23)19-13-20(19)24(23)11-9-21(27-2)28-24/h9,11-12,16-22,26H,3-8,10,13H2,1-2H3/b25-15+/t16-,17?,18?,19-,20+,21?,22?,23-,24-/m0/s1. The third-order valence-corrected chi connectivity index (χ3v) is 9.83. The molecule has 1 spiro atoms. The van der Waals surface area contributed by atoms with Gasteiger partial charge in [-0.2, -0.15) is 0 Å². The van der Waals surface area contributed by atoms with Crippen LogP contribution in [0.25, 0.3) is 0 Å². The minimum Gasteiger partial charge on any atom is -0.411 e. The van der Waals surface area contributed by atoms with Crippen LogP contribution in [0.1, 0.15) is 58.3 Å². The van der Waals surface area contributed by atoms with Crippen LogP contribution in [0, 0.1) is 40.9 Å². The van der Waals surface area contributed by atoms with Crippen molar-refractivity contribution in [2.24, 2.45) is 46.1 Å². The van der Waals surface area contributed by atoms with E-state index >= 15 is 0 Å². The third-order valence-electron chi connectivity index (χ3n) is 9.83. The van der Waals surface area contributed by atoms with E-state index in [0.29, 0.717) is 11.3 Å². The van der Waals surface area contributed by atoms with E-state index in [4.69, 9.17) is 9.47 Å². The summed E-state index contributed by atoms with van der Waals surface area (Å²) < 4.78 is 12.3. The number of oxime groups is 1. The van der Waals surface area contributed by atoms with Gasteiger partial charge in [-0.25, -0.2) is 0 Å². The summed E-state index contributed by atoms with van der Waals surface area (Å²) in [5.41, 5.74) is 2.70. The Balaban J connectivity index is 1.36. The molecule has 6 aliphatic rings. The molecule has 0 aromatic heterocycles. The van der Waals surface area contributed by atoms with Gasteiger partial charge >= 0.3 is 0 Å². The molecule has 152 valence electrons. The smallest absolute Gasteiger partial charge is 0.177 e. The van der Waals surface area contributed by atoms with Gasteiger partial charge in [-0.15, -0.1) is 0 Å². The van der Waals surface area contributed by atoms with Gasteiger partial charge in [0.05, 0.1) is 11.3 Å². The molecule has 6 rings (SSSR count). The maximum absolute atomic E-state index is 9.22. The summed E-state index contributed by atoms with van der Waals surface area (Å²) in [4.78, 5) is 0. The number of ether oxygens (including phenoxy) is 2. The normalized spacial score (nSPS) is 54.9. The molecule has 0 aromatic carbocycles. The zero-order valence-corrected chi connectivity index (χ0v) is 17.1. The Morgan fingerprint density at radius 3 is 2.86 bits per heavy atom. The van der Waals surface area contributed by atoms with Gasteiger partial charge in [0, 0.05) is 12.5 Å². The zero-order chi connectivity index (χ0) is 19.1. The Bertz CT molecular complexity index is 772. The molecular formula is C24H33NO3. The Morgan fingerprint density at radius 2 is 2.11 bits per heavy atom. The number of fused-ring (bicyclic) bond motifs is 9. The lowest BCUT2D eigenvalue weighted by Crippen LogP contribution is -2.56. The van der Waals surface area contributed by atoms with E-state index in [-0.39, 0.29) is 11.9 Å². The fourth-order valence-electron chi connectivity index (χ4n) is 8.87. The van der Waals surface area contributed by atoms with Crippen LogP contribution in [0.4, 0.5) is 0 Å². The van der Waals surface area contributed by atoms with Gasteiger partial charge in [-0.3, -0.25) is 0 Å². The molecule has 28 heavy (non-hydrogen) atoms. The molecule has 4 heteroatoms. The molecule has 4 unspecified atom stereocenters. The summed E-state index contributed by atoms with van der Waals surface area (Å²) in [6.45, 7) is 2.41. The van der Waals surface area contributed by atoms with Gasteiger partial charge < -0.3 is 14.7 Å². The molecule has 0 saturated heterocycles. The number of methoxy groups -OCH3 is 1. The quantitative estimate of drug-likeness (QED) is 0.418. The molecule has 0 radical (unpaired) electrons. The predicted octanol–water partition coefficient (Wildman–Crippen LogP) is 4.93. The first-order chi connectivity index (χ1) is 13.7. The first kappa shape index (κ1) is 17.7. The van der Waals surface area contributed by atoms with E-state index in [2.05, 4.69) is 30.3 Å². The summed E-state index contributed by atoms with van der Waals surface area (Å²) in [6, 6.07) is 0. The fraction of sp³-hybridized carbons (Fsp3) is 0.792. The summed E-state index contributed by atoms with van der Waals surface area (Å²) in [5, 5.41) is 12.7. The summed E-state index contributed by atoms with van der Waals surface area (Å²) >= 11 is 0. The van der Waals surface area contributed by atoms with Crippen molar-refractivity contribution in [2.45, 2.75) is 70.2 Å². The molecule has 5 aliphatic carbocycles. The van der Waals surface area contributed by atoms with Crippen molar-refractivity contribution in [1.29, 1.82) is 0 Å². The number of allylic oxidation sites excluding steroid dienone is 2. The molecule has 4 nitrogen and oxygen atoms in total. The van der Waals surface area contributed by atoms with Crippen molar-refractivity contribution in [2.75, 3.05) is 7.11 Å². The topological polar surface area (TPSA) is 51.1 Å². The number of rotatable bonds is 2. The van der Waals surface area contributed by atoms with Crippen LogP contribution >= 0.6 is 0 Å².